The molecule has 6 aromatic rings. The molecule has 4 aliphatic rings. The molecule has 264 valence electrons. The van der Waals surface area contributed by atoms with E-state index in [9.17, 15) is 0 Å². The van der Waals surface area contributed by atoms with Crippen molar-refractivity contribution in [3.8, 4) is 11.1 Å². The summed E-state index contributed by atoms with van der Waals surface area (Å²) in [5.74, 6) is 0. The highest BCUT2D eigenvalue weighted by molar-refractivity contribution is 7.21. The van der Waals surface area contributed by atoms with Gasteiger partial charge in [0.1, 0.15) is 0 Å². The first kappa shape index (κ1) is 33.1. The SMILES string of the molecule is Cc1cc2c3c(c1)N(c1ccc(C(C)(C)C)cc1)c1sc4c5c1B3c1cc(ccc1N2c1ccc(C(C)(C)C)cc1)C(C)(C)c1ccc(c-5c1)C4(C)C. The van der Waals surface area contributed by atoms with Crippen LogP contribution in [0.3, 0.4) is 0 Å². The molecule has 5 aromatic carbocycles. The highest BCUT2D eigenvalue weighted by Crippen LogP contribution is 2.58. The minimum Gasteiger partial charge on any atom is -0.311 e. The molecule has 4 bridgehead atoms. The van der Waals surface area contributed by atoms with Gasteiger partial charge in [-0.05, 0) is 127 Å². The average Bonchev–Trinajstić information content (AvgIpc) is 3.60. The second-order valence-electron chi connectivity index (χ2n) is 19.2. The Kier molecular flexibility index (Phi) is 6.46. The molecule has 2 nitrogen and oxygen atoms in total. The van der Waals surface area contributed by atoms with Gasteiger partial charge in [0.25, 0.3) is 6.71 Å². The van der Waals surface area contributed by atoms with Crippen molar-refractivity contribution in [1.82, 2.24) is 0 Å². The van der Waals surface area contributed by atoms with Crippen LogP contribution in [0, 0.1) is 6.92 Å². The third-order valence-electron chi connectivity index (χ3n) is 13.0. The van der Waals surface area contributed by atoms with Crippen molar-refractivity contribution in [3.63, 3.8) is 0 Å². The summed E-state index contributed by atoms with van der Waals surface area (Å²) in [6.07, 6.45) is 0. The maximum atomic E-state index is 2.62. The Morgan fingerprint density at radius 2 is 1.11 bits per heavy atom. The van der Waals surface area contributed by atoms with E-state index in [4.69, 9.17) is 0 Å². The minimum absolute atomic E-state index is 0.0841. The number of hydrogen-bond acceptors (Lipinski definition) is 3. The number of fused-ring (bicyclic) bond motifs is 2. The predicted octanol–water partition coefficient (Wildman–Crippen LogP) is 11.7. The van der Waals surface area contributed by atoms with Gasteiger partial charge in [-0.25, -0.2) is 0 Å². The van der Waals surface area contributed by atoms with Crippen molar-refractivity contribution in [2.75, 3.05) is 9.80 Å². The highest BCUT2D eigenvalue weighted by atomic mass is 32.1. The zero-order valence-electron chi connectivity index (χ0n) is 33.1. The van der Waals surface area contributed by atoms with Crippen LogP contribution in [0.25, 0.3) is 11.1 Å². The first-order valence-corrected chi connectivity index (χ1v) is 20.2. The molecule has 0 saturated carbocycles. The van der Waals surface area contributed by atoms with Crippen LogP contribution in [0.5, 0.6) is 0 Å². The Balaban J connectivity index is 1.34. The fourth-order valence-electron chi connectivity index (χ4n) is 9.80. The fourth-order valence-corrected chi connectivity index (χ4v) is 11.3. The lowest BCUT2D eigenvalue weighted by atomic mass is 9.33. The van der Waals surface area contributed by atoms with Gasteiger partial charge < -0.3 is 9.80 Å². The van der Waals surface area contributed by atoms with Crippen LogP contribution < -0.4 is 26.2 Å². The van der Waals surface area contributed by atoms with E-state index < -0.39 is 0 Å². The van der Waals surface area contributed by atoms with Crippen LogP contribution in [0.1, 0.15) is 107 Å². The van der Waals surface area contributed by atoms with Crippen LogP contribution in [0.2, 0.25) is 0 Å². The molecular formula is C49H49BN2S. The van der Waals surface area contributed by atoms with Gasteiger partial charge in [-0.3, -0.25) is 0 Å². The molecule has 3 aliphatic heterocycles. The summed E-state index contributed by atoms with van der Waals surface area (Å²) in [6, 6.07) is 38.5. The van der Waals surface area contributed by atoms with Crippen molar-refractivity contribution >= 4 is 67.9 Å². The number of rotatable bonds is 2. The van der Waals surface area contributed by atoms with E-state index in [1.54, 1.807) is 0 Å². The number of nitrogens with zero attached hydrogens (tertiary/aromatic N) is 2. The lowest BCUT2D eigenvalue weighted by molar-refractivity contribution is 0.590. The number of thiophene rings is 1. The minimum atomic E-state index is -0.154. The fraction of sp³-hybridized carbons (Fsp3) is 0.306. The van der Waals surface area contributed by atoms with Gasteiger partial charge in [0.05, 0.1) is 5.00 Å². The molecule has 4 heterocycles. The quantitative estimate of drug-likeness (QED) is 0.165. The molecule has 4 heteroatoms. The van der Waals surface area contributed by atoms with Crippen LogP contribution in [0.15, 0.2) is 97.1 Å². The molecule has 1 aromatic heterocycles. The van der Waals surface area contributed by atoms with E-state index >= 15 is 0 Å². The molecule has 0 radical (unpaired) electrons. The Hall–Kier alpha value is -4.54. The summed E-state index contributed by atoms with van der Waals surface area (Å²) in [6.45, 7) is 25.9. The van der Waals surface area contributed by atoms with Gasteiger partial charge in [-0.15, -0.1) is 11.3 Å². The largest absolute Gasteiger partial charge is 0.311 e. The van der Waals surface area contributed by atoms with Crippen LogP contribution >= 0.6 is 11.3 Å². The Morgan fingerprint density at radius 3 is 1.72 bits per heavy atom. The molecule has 0 amide bonds. The standard InChI is InChI=1S/C49H49BN2S/c1-28-24-39-42-40(25-28)52(34-20-14-30(15-21-34)47(5,6)7)45-43-41-35-26-31(16-22-36(35)49(10,11)44(41)53-45)48(8,9)32-17-23-38(37(27-32)50(42)43)51(39)33-18-12-29(13-19-33)46(2,3)4/h12-27H,1-11H3. The zero-order valence-corrected chi connectivity index (χ0v) is 33.9. The van der Waals surface area contributed by atoms with Crippen LogP contribution in [0.4, 0.5) is 33.4 Å². The predicted molar refractivity (Wildman–Crippen MR) is 230 cm³/mol. The van der Waals surface area contributed by atoms with Crippen molar-refractivity contribution in [2.45, 2.75) is 97.8 Å². The van der Waals surface area contributed by atoms with Gasteiger partial charge >= 0.3 is 0 Å². The highest BCUT2D eigenvalue weighted by Gasteiger charge is 2.51. The van der Waals surface area contributed by atoms with E-state index in [0.717, 1.165) is 0 Å². The average molecular weight is 709 g/mol. The van der Waals surface area contributed by atoms with Crippen molar-refractivity contribution < 1.29 is 0 Å². The maximum absolute atomic E-state index is 2.62. The second-order valence-corrected chi connectivity index (χ2v) is 20.2. The molecule has 0 spiro atoms. The lowest BCUT2D eigenvalue weighted by Crippen LogP contribution is -2.61. The summed E-state index contributed by atoms with van der Waals surface area (Å²) < 4.78 is 0. The number of benzene rings is 5. The Bertz CT molecular complexity index is 2540. The van der Waals surface area contributed by atoms with Gasteiger partial charge in [0.15, 0.2) is 0 Å². The van der Waals surface area contributed by atoms with Crippen LogP contribution in [-0.2, 0) is 21.7 Å². The molecule has 0 fully saturated rings. The summed E-state index contributed by atoms with van der Waals surface area (Å²) in [5.41, 5.74) is 21.6. The maximum Gasteiger partial charge on any atom is 0.254 e. The summed E-state index contributed by atoms with van der Waals surface area (Å²) >= 11 is 2.03. The molecule has 10 rings (SSSR count). The van der Waals surface area contributed by atoms with E-state index in [-0.39, 0.29) is 28.4 Å². The zero-order chi connectivity index (χ0) is 37.1. The smallest absolute Gasteiger partial charge is 0.254 e. The van der Waals surface area contributed by atoms with Gasteiger partial charge in [0.2, 0.25) is 0 Å². The number of hydrogen-bond donors (Lipinski definition) is 0. The third kappa shape index (κ3) is 4.39. The Labute approximate surface area is 320 Å². The molecule has 0 N–H and O–H groups in total. The molecule has 1 aliphatic carbocycles. The lowest BCUT2D eigenvalue weighted by Gasteiger charge is -2.44. The third-order valence-corrected chi connectivity index (χ3v) is 14.5. The van der Waals surface area contributed by atoms with E-state index in [1.165, 1.54) is 99.2 Å². The monoisotopic (exact) mass is 708 g/mol. The molecule has 0 unspecified atom stereocenters. The van der Waals surface area contributed by atoms with Gasteiger partial charge in [-0.1, -0.05) is 118 Å². The Morgan fingerprint density at radius 1 is 0.566 bits per heavy atom. The molecule has 0 atom stereocenters. The van der Waals surface area contributed by atoms with Crippen molar-refractivity contribution in [1.29, 1.82) is 0 Å². The summed E-state index contributed by atoms with van der Waals surface area (Å²) in [7, 11) is 0. The first-order valence-electron chi connectivity index (χ1n) is 19.4. The number of aryl methyl sites for hydroxylation is 1. The van der Waals surface area contributed by atoms with E-state index in [0.29, 0.717) is 0 Å². The van der Waals surface area contributed by atoms with E-state index in [1.807, 2.05) is 11.3 Å². The topological polar surface area (TPSA) is 6.48 Å². The number of anilines is 6. The van der Waals surface area contributed by atoms with Crippen molar-refractivity contribution in [2.24, 2.45) is 0 Å². The molecule has 53 heavy (non-hydrogen) atoms. The second kappa shape index (κ2) is 10.4. The summed E-state index contributed by atoms with van der Waals surface area (Å²) in [4.78, 5) is 6.69. The van der Waals surface area contributed by atoms with Crippen molar-refractivity contribution in [3.05, 3.63) is 135 Å². The van der Waals surface area contributed by atoms with E-state index in [2.05, 4.69) is 183 Å². The summed E-state index contributed by atoms with van der Waals surface area (Å²) in [5, 5.41) is 1.37. The molecule has 0 saturated heterocycles. The van der Waals surface area contributed by atoms with Gasteiger partial charge in [0, 0.05) is 44.1 Å². The molecular weight excluding hydrogens is 659 g/mol. The first-order chi connectivity index (χ1) is 25.0. The van der Waals surface area contributed by atoms with Gasteiger partial charge in [-0.2, -0.15) is 0 Å². The van der Waals surface area contributed by atoms with Crippen LogP contribution in [-0.4, -0.2) is 6.71 Å². The normalized spacial score (nSPS) is 16.8.